The molecule has 1 aliphatic heterocycles. The predicted octanol–water partition coefficient (Wildman–Crippen LogP) is 2.41. The third-order valence-electron chi connectivity index (χ3n) is 4.76. The molecule has 0 bridgehead atoms. The molecule has 0 saturated carbocycles. The second kappa shape index (κ2) is 7.88. The third kappa shape index (κ3) is 3.45. The summed E-state index contributed by atoms with van der Waals surface area (Å²) in [7, 11) is 1.66. The molecule has 1 fully saturated rings. The molecule has 0 unspecified atom stereocenters. The highest BCUT2D eigenvalue weighted by Gasteiger charge is 2.41. The van der Waals surface area contributed by atoms with E-state index in [9.17, 15) is 0 Å². The van der Waals surface area contributed by atoms with Gasteiger partial charge in [-0.3, -0.25) is 4.68 Å². The van der Waals surface area contributed by atoms with Gasteiger partial charge in [-0.25, -0.2) is 0 Å². The van der Waals surface area contributed by atoms with E-state index in [-0.39, 0.29) is 17.9 Å². The van der Waals surface area contributed by atoms with Crippen LogP contribution < -0.4 is 10.1 Å². The molecular formula is C18H22ClN5O2. The molecule has 3 heterocycles. The molecule has 138 valence electrons. The van der Waals surface area contributed by atoms with E-state index in [1.54, 1.807) is 13.3 Å². The number of hydrogen-bond donors (Lipinski definition) is 1. The first-order valence-electron chi connectivity index (χ1n) is 8.47. The van der Waals surface area contributed by atoms with Crippen molar-refractivity contribution in [3.05, 3.63) is 60.0 Å². The summed E-state index contributed by atoms with van der Waals surface area (Å²) in [6.07, 6.45) is 6.13. The first kappa shape index (κ1) is 18.4. The van der Waals surface area contributed by atoms with E-state index in [1.165, 1.54) is 0 Å². The number of nitrogens with one attached hydrogen (secondary N) is 1. The Hall–Kier alpha value is -2.38. The molecule has 3 aromatic rings. The Morgan fingerprint density at radius 1 is 1.23 bits per heavy atom. The Morgan fingerprint density at radius 2 is 2.00 bits per heavy atom. The quantitative estimate of drug-likeness (QED) is 0.737. The van der Waals surface area contributed by atoms with Gasteiger partial charge in [-0.1, -0.05) is 17.3 Å². The van der Waals surface area contributed by atoms with Crippen molar-refractivity contribution in [3.63, 3.8) is 0 Å². The average Bonchev–Trinajstić information content (AvgIpc) is 3.36. The number of aromatic nitrogens is 4. The number of rotatable bonds is 5. The van der Waals surface area contributed by atoms with Crippen molar-refractivity contribution in [2.24, 2.45) is 0 Å². The first-order chi connectivity index (χ1) is 12.3. The van der Waals surface area contributed by atoms with Gasteiger partial charge < -0.3 is 14.6 Å². The van der Waals surface area contributed by atoms with Gasteiger partial charge in [0.05, 0.1) is 7.11 Å². The van der Waals surface area contributed by atoms with Crippen LogP contribution in [0.1, 0.15) is 30.1 Å². The zero-order chi connectivity index (χ0) is 17.1. The summed E-state index contributed by atoms with van der Waals surface area (Å²) in [5.74, 6) is 2.16. The Labute approximate surface area is 158 Å². The third-order valence-corrected chi connectivity index (χ3v) is 4.76. The lowest BCUT2D eigenvalue weighted by Crippen LogP contribution is -2.45. The second-order valence-electron chi connectivity index (χ2n) is 6.27. The molecule has 0 atom stereocenters. The predicted molar refractivity (Wildman–Crippen MR) is 98.8 cm³/mol. The normalized spacial score (nSPS) is 16.0. The van der Waals surface area contributed by atoms with Gasteiger partial charge in [0.2, 0.25) is 0 Å². The van der Waals surface area contributed by atoms with Crippen LogP contribution in [0.5, 0.6) is 5.75 Å². The van der Waals surface area contributed by atoms with Crippen LogP contribution in [-0.4, -0.2) is 40.1 Å². The van der Waals surface area contributed by atoms with Crippen molar-refractivity contribution in [1.29, 1.82) is 0 Å². The molecular weight excluding hydrogens is 354 g/mol. The molecule has 0 aliphatic carbocycles. The van der Waals surface area contributed by atoms with Gasteiger partial charge in [0.25, 0.3) is 5.89 Å². The Bertz CT molecular complexity index is 810. The fraction of sp³-hybridized carbons (Fsp3) is 0.389. The van der Waals surface area contributed by atoms with Gasteiger partial charge >= 0.3 is 0 Å². The lowest BCUT2D eigenvalue weighted by Gasteiger charge is -2.34. The Morgan fingerprint density at radius 3 is 2.65 bits per heavy atom. The lowest BCUT2D eigenvalue weighted by molar-refractivity contribution is 0.172. The maximum absolute atomic E-state index is 5.67. The van der Waals surface area contributed by atoms with Crippen molar-refractivity contribution in [2.45, 2.75) is 24.8 Å². The van der Waals surface area contributed by atoms with E-state index in [2.05, 4.69) is 15.6 Å². The lowest BCUT2D eigenvalue weighted by atomic mass is 9.88. The number of ether oxygens (including phenoxy) is 1. The minimum atomic E-state index is -0.361. The molecule has 2 aromatic heterocycles. The van der Waals surface area contributed by atoms with E-state index >= 15 is 0 Å². The molecule has 0 radical (unpaired) electrons. The molecule has 0 amide bonds. The van der Waals surface area contributed by atoms with Crippen LogP contribution >= 0.6 is 12.4 Å². The average molecular weight is 376 g/mol. The SMILES string of the molecule is COc1ccc(Cc2noc(C3(n4cccn4)CCNCC3)n2)cc1.Cl. The summed E-state index contributed by atoms with van der Waals surface area (Å²) in [4.78, 5) is 4.70. The van der Waals surface area contributed by atoms with Gasteiger partial charge in [-0.15, -0.1) is 12.4 Å². The fourth-order valence-corrected chi connectivity index (χ4v) is 3.34. The molecule has 1 saturated heterocycles. The minimum absolute atomic E-state index is 0. The largest absolute Gasteiger partial charge is 0.497 e. The summed E-state index contributed by atoms with van der Waals surface area (Å²) >= 11 is 0. The number of halogens is 1. The molecule has 1 N–H and O–H groups in total. The standard InChI is InChI=1S/C18H21N5O2.ClH/c1-24-15-5-3-14(4-6-15)13-16-21-17(25-22-16)18(7-10-19-11-8-18)23-12-2-9-20-23;/h2-6,9,12,19H,7-8,10-11,13H2,1H3;1H. The molecule has 0 spiro atoms. The van der Waals surface area contributed by atoms with Crippen LogP contribution in [0.15, 0.2) is 47.2 Å². The number of methoxy groups -OCH3 is 1. The number of hydrogen-bond acceptors (Lipinski definition) is 6. The van der Waals surface area contributed by atoms with E-state index in [0.29, 0.717) is 18.1 Å². The number of benzene rings is 1. The summed E-state index contributed by atoms with van der Waals surface area (Å²) < 4.78 is 12.8. The van der Waals surface area contributed by atoms with Crippen molar-refractivity contribution in [2.75, 3.05) is 20.2 Å². The number of piperidine rings is 1. The second-order valence-corrected chi connectivity index (χ2v) is 6.27. The first-order valence-corrected chi connectivity index (χ1v) is 8.47. The highest BCUT2D eigenvalue weighted by atomic mass is 35.5. The van der Waals surface area contributed by atoms with Gasteiger partial charge in [0, 0.05) is 18.8 Å². The summed E-state index contributed by atoms with van der Waals surface area (Å²) in [5, 5.41) is 12.0. The van der Waals surface area contributed by atoms with Gasteiger partial charge in [-0.05, 0) is 49.7 Å². The highest BCUT2D eigenvalue weighted by Crippen LogP contribution is 2.33. The van der Waals surface area contributed by atoms with Crippen LogP contribution in [0, 0.1) is 0 Å². The van der Waals surface area contributed by atoms with Crippen molar-refractivity contribution >= 4 is 12.4 Å². The van der Waals surface area contributed by atoms with Crippen LogP contribution in [0.25, 0.3) is 0 Å². The van der Waals surface area contributed by atoms with Gasteiger partial charge in [0.15, 0.2) is 5.82 Å². The maximum atomic E-state index is 5.67. The monoisotopic (exact) mass is 375 g/mol. The van der Waals surface area contributed by atoms with Crippen LogP contribution in [0.2, 0.25) is 0 Å². The summed E-state index contributed by atoms with van der Waals surface area (Å²) in [5.41, 5.74) is 0.756. The Kier molecular flexibility index (Phi) is 5.58. The molecule has 1 aromatic carbocycles. The topological polar surface area (TPSA) is 78.0 Å². The van der Waals surface area contributed by atoms with Crippen LogP contribution in [-0.2, 0) is 12.0 Å². The zero-order valence-electron chi connectivity index (χ0n) is 14.6. The Balaban J connectivity index is 0.00000196. The van der Waals surface area contributed by atoms with E-state index < -0.39 is 0 Å². The van der Waals surface area contributed by atoms with E-state index in [0.717, 1.165) is 37.2 Å². The van der Waals surface area contributed by atoms with Gasteiger partial charge in [0.1, 0.15) is 11.3 Å². The summed E-state index contributed by atoms with van der Waals surface area (Å²) in [6, 6.07) is 9.84. The van der Waals surface area contributed by atoms with E-state index in [4.69, 9.17) is 14.2 Å². The van der Waals surface area contributed by atoms with Gasteiger partial charge in [-0.2, -0.15) is 10.1 Å². The molecule has 4 rings (SSSR count). The van der Waals surface area contributed by atoms with Crippen LogP contribution in [0.4, 0.5) is 0 Å². The zero-order valence-corrected chi connectivity index (χ0v) is 15.4. The van der Waals surface area contributed by atoms with Crippen molar-refractivity contribution in [3.8, 4) is 5.75 Å². The molecule has 7 nitrogen and oxygen atoms in total. The minimum Gasteiger partial charge on any atom is -0.497 e. The van der Waals surface area contributed by atoms with Crippen LogP contribution in [0.3, 0.4) is 0 Å². The smallest absolute Gasteiger partial charge is 0.254 e. The van der Waals surface area contributed by atoms with E-state index in [1.807, 2.05) is 41.2 Å². The number of nitrogens with zero attached hydrogens (tertiary/aromatic N) is 4. The summed E-state index contributed by atoms with van der Waals surface area (Å²) in [6.45, 7) is 1.80. The fourth-order valence-electron chi connectivity index (χ4n) is 3.34. The molecule has 26 heavy (non-hydrogen) atoms. The molecule has 1 aliphatic rings. The maximum Gasteiger partial charge on any atom is 0.254 e. The molecule has 8 heteroatoms. The van der Waals surface area contributed by atoms with Crippen molar-refractivity contribution in [1.82, 2.24) is 25.2 Å². The van der Waals surface area contributed by atoms with Crippen molar-refractivity contribution < 1.29 is 9.26 Å². The highest BCUT2D eigenvalue weighted by molar-refractivity contribution is 5.85.